The van der Waals surface area contributed by atoms with Gasteiger partial charge in [0.05, 0.1) is 0 Å². The van der Waals surface area contributed by atoms with Gasteiger partial charge in [0.2, 0.25) is 11.8 Å². The molecule has 1 saturated carbocycles. The molecule has 0 radical (unpaired) electrons. The van der Waals surface area contributed by atoms with E-state index in [1.165, 1.54) is 5.56 Å². The quantitative estimate of drug-likeness (QED) is 0.704. The van der Waals surface area contributed by atoms with E-state index in [2.05, 4.69) is 36.2 Å². The van der Waals surface area contributed by atoms with Crippen LogP contribution in [0.1, 0.15) is 49.3 Å². The molecule has 2 aromatic rings. The van der Waals surface area contributed by atoms with E-state index in [4.69, 9.17) is 0 Å². The lowest BCUT2D eigenvalue weighted by Gasteiger charge is -2.34. The Bertz CT molecular complexity index is 854. The normalized spacial score (nSPS) is 17.0. The number of piperidine rings is 1. The highest BCUT2D eigenvalue weighted by Crippen LogP contribution is 2.33. The summed E-state index contributed by atoms with van der Waals surface area (Å²) in [7, 11) is 0. The minimum Gasteiger partial charge on any atom is -0.342 e. The molecule has 2 heterocycles. The predicted octanol–water partition coefficient (Wildman–Crippen LogP) is 3.82. The fraction of sp³-hybridized carbons (Fsp3) is 0.480. The molecule has 1 aliphatic carbocycles. The van der Waals surface area contributed by atoms with Crippen LogP contribution in [0, 0.1) is 11.8 Å². The molecule has 1 saturated heterocycles. The lowest BCUT2D eigenvalue weighted by atomic mass is 9.94. The third-order valence-electron chi connectivity index (χ3n) is 6.30. The van der Waals surface area contributed by atoms with E-state index >= 15 is 0 Å². The molecular weight excluding hydrogens is 374 g/mol. The third kappa shape index (κ3) is 5.07. The van der Waals surface area contributed by atoms with Gasteiger partial charge in [-0.25, -0.2) is 0 Å². The zero-order valence-electron chi connectivity index (χ0n) is 17.8. The number of carbonyl (C=O) groups excluding carboxylic acids is 2. The first-order valence-electron chi connectivity index (χ1n) is 11.2. The Labute approximate surface area is 179 Å². The number of aromatic nitrogens is 1. The number of rotatable bonds is 7. The summed E-state index contributed by atoms with van der Waals surface area (Å²) in [6.07, 6.45) is 8.19. The summed E-state index contributed by atoms with van der Waals surface area (Å²) in [6, 6.07) is 12.5. The standard InChI is InChI=1S/C25H31N3O2/c1-2-19-5-7-20(8-6-19)17-28(18-21-4-3-13-26-16-21)25(30)23-11-14-27(15-12-23)24(29)22-9-10-22/h3-8,13,16,22-23H,2,9-12,14-15,17-18H2,1H3. The van der Waals surface area contributed by atoms with Gasteiger partial charge in [0.15, 0.2) is 0 Å². The molecule has 158 valence electrons. The Morgan fingerprint density at radius 2 is 1.60 bits per heavy atom. The first kappa shape index (κ1) is 20.6. The van der Waals surface area contributed by atoms with Gasteiger partial charge in [0.25, 0.3) is 0 Å². The largest absolute Gasteiger partial charge is 0.342 e. The van der Waals surface area contributed by atoms with E-state index in [1.807, 2.05) is 28.1 Å². The Morgan fingerprint density at radius 1 is 0.933 bits per heavy atom. The summed E-state index contributed by atoms with van der Waals surface area (Å²) in [5.41, 5.74) is 3.49. The number of hydrogen-bond acceptors (Lipinski definition) is 3. The van der Waals surface area contributed by atoms with E-state index in [1.54, 1.807) is 6.20 Å². The van der Waals surface area contributed by atoms with Crippen molar-refractivity contribution < 1.29 is 9.59 Å². The van der Waals surface area contributed by atoms with E-state index < -0.39 is 0 Å². The summed E-state index contributed by atoms with van der Waals surface area (Å²) >= 11 is 0. The van der Waals surface area contributed by atoms with Gasteiger partial charge >= 0.3 is 0 Å². The molecule has 1 aromatic carbocycles. The highest BCUT2D eigenvalue weighted by molar-refractivity contribution is 5.82. The van der Waals surface area contributed by atoms with Crippen LogP contribution < -0.4 is 0 Å². The van der Waals surface area contributed by atoms with Crippen LogP contribution in [0.15, 0.2) is 48.8 Å². The van der Waals surface area contributed by atoms with Gasteiger partial charge in [0.1, 0.15) is 0 Å². The monoisotopic (exact) mass is 405 g/mol. The number of benzene rings is 1. The number of amides is 2. The van der Waals surface area contributed by atoms with Crippen LogP contribution in [0.4, 0.5) is 0 Å². The van der Waals surface area contributed by atoms with E-state index in [0.717, 1.165) is 43.2 Å². The molecule has 1 aliphatic heterocycles. The average Bonchev–Trinajstić information content (AvgIpc) is 3.64. The highest BCUT2D eigenvalue weighted by atomic mass is 16.2. The number of likely N-dealkylation sites (tertiary alicyclic amines) is 1. The van der Waals surface area contributed by atoms with Crippen LogP contribution in [-0.2, 0) is 29.1 Å². The van der Waals surface area contributed by atoms with Gasteiger partial charge in [-0.05, 0) is 54.9 Å². The van der Waals surface area contributed by atoms with E-state index in [-0.39, 0.29) is 17.7 Å². The summed E-state index contributed by atoms with van der Waals surface area (Å²) in [5, 5.41) is 0. The molecule has 0 bridgehead atoms. The summed E-state index contributed by atoms with van der Waals surface area (Å²) in [5.74, 6) is 0.728. The fourth-order valence-corrected chi connectivity index (χ4v) is 4.22. The average molecular weight is 406 g/mol. The Balaban J connectivity index is 1.43. The topological polar surface area (TPSA) is 53.5 Å². The van der Waals surface area contributed by atoms with Crippen molar-refractivity contribution in [2.24, 2.45) is 11.8 Å². The molecule has 30 heavy (non-hydrogen) atoms. The molecule has 5 nitrogen and oxygen atoms in total. The summed E-state index contributed by atoms with van der Waals surface area (Å²) in [6.45, 7) is 4.71. The number of nitrogens with zero attached hydrogens (tertiary/aromatic N) is 3. The molecule has 0 N–H and O–H groups in total. The first-order valence-corrected chi connectivity index (χ1v) is 11.2. The van der Waals surface area contributed by atoms with Crippen molar-refractivity contribution in [3.8, 4) is 0 Å². The molecule has 0 spiro atoms. The van der Waals surface area contributed by atoms with Crippen molar-refractivity contribution in [3.05, 3.63) is 65.5 Å². The maximum atomic E-state index is 13.5. The van der Waals surface area contributed by atoms with E-state index in [9.17, 15) is 9.59 Å². The van der Waals surface area contributed by atoms with Gasteiger partial charge < -0.3 is 9.80 Å². The molecular formula is C25H31N3O2. The molecule has 2 aliphatic rings. The van der Waals surface area contributed by atoms with Gasteiger partial charge in [-0.1, -0.05) is 37.3 Å². The van der Waals surface area contributed by atoms with Crippen LogP contribution in [0.2, 0.25) is 0 Å². The molecule has 0 unspecified atom stereocenters. The Morgan fingerprint density at radius 3 is 2.20 bits per heavy atom. The van der Waals surface area contributed by atoms with Crippen LogP contribution in [0.5, 0.6) is 0 Å². The number of aryl methyl sites for hydroxylation is 1. The predicted molar refractivity (Wildman–Crippen MR) is 116 cm³/mol. The van der Waals surface area contributed by atoms with Gasteiger partial charge in [-0.3, -0.25) is 14.6 Å². The van der Waals surface area contributed by atoms with Gasteiger partial charge in [-0.2, -0.15) is 0 Å². The molecule has 2 amide bonds. The highest BCUT2D eigenvalue weighted by Gasteiger charge is 2.36. The van der Waals surface area contributed by atoms with Crippen molar-refractivity contribution in [1.29, 1.82) is 0 Å². The maximum Gasteiger partial charge on any atom is 0.226 e. The molecule has 5 heteroatoms. The Hall–Kier alpha value is -2.69. The Kier molecular flexibility index (Phi) is 6.46. The second-order valence-corrected chi connectivity index (χ2v) is 8.60. The SMILES string of the molecule is CCc1ccc(CN(Cc2cccnc2)C(=O)C2CCN(C(=O)C3CC3)CC2)cc1. The second kappa shape index (κ2) is 9.41. The van der Waals surface area contributed by atoms with Crippen molar-refractivity contribution >= 4 is 11.8 Å². The van der Waals surface area contributed by atoms with Gasteiger partial charge in [0, 0.05) is 50.4 Å². The third-order valence-corrected chi connectivity index (χ3v) is 6.30. The minimum absolute atomic E-state index is 0.0140. The second-order valence-electron chi connectivity index (χ2n) is 8.60. The number of pyridine rings is 1. The lowest BCUT2D eigenvalue weighted by molar-refractivity contribution is -0.142. The summed E-state index contributed by atoms with van der Waals surface area (Å²) in [4.78, 5) is 33.9. The van der Waals surface area contributed by atoms with Crippen molar-refractivity contribution in [3.63, 3.8) is 0 Å². The molecule has 2 fully saturated rings. The molecule has 4 rings (SSSR count). The van der Waals surface area contributed by atoms with Crippen LogP contribution in [0.25, 0.3) is 0 Å². The number of carbonyl (C=O) groups is 2. The summed E-state index contributed by atoms with van der Waals surface area (Å²) < 4.78 is 0. The zero-order valence-corrected chi connectivity index (χ0v) is 17.8. The lowest BCUT2D eigenvalue weighted by Crippen LogP contribution is -2.44. The van der Waals surface area contributed by atoms with Crippen molar-refractivity contribution in [2.45, 2.75) is 52.1 Å². The van der Waals surface area contributed by atoms with E-state index in [0.29, 0.717) is 32.1 Å². The minimum atomic E-state index is -0.0140. The maximum absolute atomic E-state index is 13.5. The van der Waals surface area contributed by atoms with Gasteiger partial charge in [-0.15, -0.1) is 0 Å². The van der Waals surface area contributed by atoms with Crippen LogP contribution in [-0.4, -0.2) is 39.7 Å². The molecule has 0 atom stereocenters. The van der Waals surface area contributed by atoms with Crippen LogP contribution >= 0.6 is 0 Å². The number of hydrogen-bond donors (Lipinski definition) is 0. The zero-order chi connectivity index (χ0) is 20.9. The van der Waals surface area contributed by atoms with Crippen LogP contribution in [0.3, 0.4) is 0 Å². The van der Waals surface area contributed by atoms with Crippen molar-refractivity contribution in [1.82, 2.24) is 14.8 Å². The molecule has 1 aromatic heterocycles. The van der Waals surface area contributed by atoms with Crippen molar-refractivity contribution in [2.75, 3.05) is 13.1 Å². The first-order chi connectivity index (χ1) is 14.6. The smallest absolute Gasteiger partial charge is 0.226 e. The fourth-order valence-electron chi connectivity index (χ4n) is 4.22.